The Morgan fingerprint density at radius 3 is 2.79 bits per heavy atom. The largest absolute Gasteiger partial charge is 0.329 e. The van der Waals surface area contributed by atoms with E-state index in [9.17, 15) is 8.42 Å². The van der Waals surface area contributed by atoms with Gasteiger partial charge in [0.05, 0.1) is 0 Å². The highest BCUT2D eigenvalue weighted by Crippen LogP contribution is 2.11. The second-order valence-corrected chi connectivity index (χ2v) is 4.85. The Kier molecular flexibility index (Phi) is 3.56. The Bertz CT molecular complexity index is 377. The molecular formula is C8H13N3O2S. The molecule has 6 heteroatoms. The van der Waals surface area contributed by atoms with Crippen molar-refractivity contribution in [3.05, 3.63) is 24.5 Å². The Balaban J connectivity index is 2.97. The van der Waals surface area contributed by atoms with Crippen LogP contribution in [0.25, 0.3) is 0 Å². The number of rotatable bonds is 4. The third kappa shape index (κ3) is 2.28. The molecule has 14 heavy (non-hydrogen) atoms. The zero-order valence-electron chi connectivity index (χ0n) is 7.92. The minimum Gasteiger partial charge on any atom is -0.329 e. The third-order valence-corrected chi connectivity index (χ3v) is 3.63. The molecule has 0 unspecified atom stereocenters. The lowest BCUT2D eigenvalue weighted by atomic mass is 10.5. The summed E-state index contributed by atoms with van der Waals surface area (Å²) in [6.07, 6.45) is 2.85. The Labute approximate surface area is 83.6 Å². The van der Waals surface area contributed by atoms with E-state index in [-0.39, 0.29) is 4.90 Å². The van der Waals surface area contributed by atoms with Gasteiger partial charge in [-0.05, 0) is 12.1 Å². The van der Waals surface area contributed by atoms with E-state index in [1.165, 1.54) is 29.8 Å². The fourth-order valence-electron chi connectivity index (χ4n) is 0.982. The maximum absolute atomic E-state index is 11.8. The van der Waals surface area contributed by atoms with Gasteiger partial charge in [0.1, 0.15) is 4.90 Å². The normalized spacial score (nSPS) is 11.9. The highest BCUT2D eigenvalue weighted by Gasteiger charge is 2.19. The van der Waals surface area contributed by atoms with E-state index < -0.39 is 10.0 Å². The van der Waals surface area contributed by atoms with Gasteiger partial charge in [0.15, 0.2) is 0 Å². The number of hydrogen-bond acceptors (Lipinski definition) is 4. The summed E-state index contributed by atoms with van der Waals surface area (Å²) in [5, 5.41) is 0. The maximum atomic E-state index is 11.8. The van der Waals surface area contributed by atoms with E-state index >= 15 is 0 Å². The molecule has 0 atom stereocenters. The first kappa shape index (κ1) is 11.1. The molecule has 0 amide bonds. The molecule has 0 aromatic carbocycles. The molecule has 0 aliphatic heterocycles. The van der Waals surface area contributed by atoms with Gasteiger partial charge in [-0.25, -0.2) is 8.42 Å². The predicted molar refractivity (Wildman–Crippen MR) is 53.1 cm³/mol. The molecule has 0 saturated carbocycles. The number of sulfonamides is 1. The van der Waals surface area contributed by atoms with Gasteiger partial charge in [-0.1, -0.05) is 0 Å². The summed E-state index contributed by atoms with van der Waals surface area (Å²) in [5.74, 6) is 0. The first-order chi connectivity index (χ1) is 6.59. The van der Waals surface area contributed by atoms with Gasteiger partial charge in [0.2, 0.25) is 10.0 Å². The van der Waals surface area contributed by atoms with Crippen molar-refractivity contribution in [3.63, 3.8) is 0 Å². The molecule has 1 aromatic rings. The van der Waals surface area contributed by atoms with Crippen molar-refractivity contribution in [2.45, 2.75) is 4.90 Å². The van der Waals surface area contributed by atoms with E-state index in [2.05, 4.69) is 4.98 Å². The van der Waals surface area contributed by atoms with Gasteiger partial charge >= 0.3 is 0 Å². The van der Waals surface area contributed by atoms with Crippen LogP contribution in [-0.4, -0.2) is 37.8 Å². The maximum Gasteiger partial charge on any atom is 0.244 e. The first-order valence-electron chi connectivity index (χ1n) is 4.15. The lowest BCUT2D eigenvalue weighted by Gasteiger charge is -2.15. The molecule has 78 valence electrons. The van der Waals surface area contributed by atoms with Crippen molar-refractivity contribution in [2.75, 3.05) is 20.1 Å². The van der Waals surface area contributed by atoms with E-state index in [1.54, 1.807) is 6.07 Å². The van der Waals surface area contributed by atoms with Crippen molar-refractivity contribution in [3.8, 4) is 0 Å². The number of aromatic nitrogens is 1. The fraction of sp³-hybridized carbons (Fsp3) is 0.375. The van der Waals surface area contributed by atoms with E-state index in [4.69, 9.17) is 5.73 Å². The summed E-state index contributed by atoms with van der Waals surface area (Å²) in [4.78, 5) is 3.95. The van der Waals surface area contributed by atoms with Gasteiger partial charge in [0, 0.05) is 32.5 Å². The fourth-order valence-corrected chi connectivity index (χ4v) is 2.13. The molecule has 0 bridgehead atoms. The standard InChI is InChI=1S/C8H13N3O2S/c1-11(6-4-9)14(12,13)8-3-2-5-10-7-8/h2-3,5,7H,4,6,9H2,1H3. The molecule has 0 fully saturated rings. The third-order valence-electron chi connectivity index (χ3n) is 1.79. The van der Waals surface area contributed by atoms with Gasteiger partial charge in [0.25, 0.3) is 0 Å². The Hall–Kier alpha value is -0.980. The number of nitrogens with zero attached hydrogens (tertiary/aromatic N) is 2. The summed E-state index contributed by atoms with van der Waals surface area (Å²) >= 11 is 0. The number of pyridine rings is 1. The summed E-state index contributed by atoms with van der Waals surface area (Å²) in [7, 11) is -1.92. The van der Waals surface area contributed by atoms with E-state index in [0.29, 0.717) is 13.1 Å². The number of likely N-dealkylation sites (N-methyl/N-ethyl adjacent to an activating group) is 1. The summed E-state index contributed by atoms with van der Waals surface area (Å²) < 4.78 is 24.7. The molecular weight excluding hydrogens is 202 g/mol. The van der Waals surface area contributed by atoms with Crippen LogP contribution in [0.1, 0.15) is 0 Å². The van der Waals surface area contributed by atoms with Crippen molar-refractivity contribution >= 4 is 10.0 Å². The van der Waals surface area contributed by atoms with Gasteiger partial charge < -0.3 is 5.73 Å². The minimum absolute atomic E-state index is 0.191. The topological polar surface area (TPSA) is 76.3 Å². The molecule has 1 heterocycles. The molecule has 0 saturated heterocycles. The predicted octanol–water partition coefficient (Wildman–Crippen LogP) is -0.339. The molecule has 0 aliphatic rings. The van der Waals surface area contributed by atoms with Crippen LogP contribution in [0.5, 0.6) is 0 Å². The van der Waals surface area contributed by atoms with Crippen LogP contribution in [0.4, 0.5) is 0 Å². The number of hydrogen-bond donors (Lipinski definition) is 1. The molecule has 1 aromatic heterocycles. The zero-order valence-corrected chi connectivity index (χ0v) is 8.74. The summed E-state index contributed by atoms with van der Waals surface area (Å²) in [5.41, 5.74) is 5.28. The molecule has 0 aliphatic carbocycles. The van der Waals surface area contributed by atoms with Crippen molar-refractivity contribution in [2.24, 2.45) is 5.73 Å². The summed E-state index contributed by atoms with van der Waals surface area (Å²) in [6.45, 7) is 0.604. The van der Waals surface area contributed by atoms with E-state index in [1.807, 2.05) is 0 Å². The van der Waals surface area contributed by atoms with Gasteiger partial charge in [-0.2, -0.15) is 4.31 Å². The molecule has 0 radical (unpaired) electrons. The quantitative estimate of drug-likeness (QED) is 0.745. The second-order valence-electron chi connectivity index (χ2n) is 2.80. The monoisotopic (exact) mass is 215 g/mol. The zero-order chi connectivity index (χ0) is 10.6. The van der Waals surface area contributed by atoms with Gasteiger partial charge in [-0.3, -0.25) is 4.98 Å². The van der Waals surface area contributed by atoms with Crippen molar-refractivity contribution < 1.29 is 8.42 Å². The molecule has 5 nitrogen and oxygen atoms in total. The average molecular weight is 215 g/mol. The van der Waals surface area contributed by atoms with Crippen LogP contribution in [0.3, 0.4) is 0 Å². The Morgan fingerprint density at radius 1 is 1.57 bits per heavy atom. The van der Waals surface area contributed by atoms with Gasteiger partial charge in [-0.15, -0.1) is 0 Å². The van der Waals surface area contributed by atoms with Crippen molar-refractivity contribution in [1.82, 2.24) is 9.29 Å². The highest BCUT2D eigenvalue weighted by molar-refractivity contribution is 7.89. The molecule has 1 rings (SSSR count). The average Bonchev–Trinajstić information content (AvgIpc) is 2.19. The van der Waals surface area contributed by atoms with Crippen LogP contribution in [-0.2, 0) is 10.0 Å². The van der Waals surface area contributed by atoms with Crippen LogP contribution in [0.15, 0.2) is 29.4 Å². The Morgan fingerprint density at radius 2 is 2.29 bits per heavy atom. The second kappa shape index (κ2) is 4.50. The SMILES string of the molecule is CN(CCN)S(=O)(=O)c1cccnc1. The van der Waals surface area contributed by atoms with Crippen molar-refractivity contribution in [1.29, 1.82) is 0 Å². The first-order valence-corrected chi connectivity index (χ1v) is 5.59. The molecule has 2 N–H and O–H groups in total. The van der Waals surface area contributed by atoms with Crippen LogP contribution in [0, 0.1) is 0 Å². The van der Waals surface area contributed by atoms with Crippen LogP contribution >= 0.6 is 0 Å². The lowest BCUT2D eigenvalue weighted by molar-refractivity contribution is 0.476. The van der Waals surface area contributed by atoms with E-state index in [0.717, 1.165) is 0 Å². The van der Waals surface area contributed by atoms with Crippen LogP contribution in [0.2, 0.25) is 0 Å². The molecule has 0 spiro atoms. The number of nitrogens with two attached hydrogens (primary N) is 1. The summed E-state index contributed by atoms with van der Waals surface area (Å²) in [6, 6.07) is 3.10. The smallest absolute Gasteiger partial charge is 0.244 e. The lowest BCUT2D eigenvalue weighted by Crippen LogP contribution is -2.31. The highest BCUT2D eigenvalue weighted by atomic mass is 32.2. The minimum atomic E-state index is -3.41. The van der Waals surface area contributed by atoms with Crippen LogP contribution < -0.4 is 5.73 Å².